The molecule has 8 heterocycles. The number of aromatic nitrogens is 4. The number of hydrogen-bond acceptors (Lipinski definition) is 29. The van der Waals surface area contributed by atoms with E-state index in [9.17, 15) is 92.3 Å². The first-order chi connectivity index (χ1) is 63.8. The number of rotatable bonds is 30. The number of carboxylic acid groups (broad SMARTS) is 1. The zero-order chi connectivity index (χ0) is 97.6. The number of aryl methyl sites for hydroxylation is 2. The molecule has 2 unspecified atom stereocenters. The number of piperazine rings is 2. The van der Waals surface area contributed by atoms with Crippen LogP contribution in [0.1, 0.15) is 145 Å². The predicted molar refractivity (Wildman–Crippen MR) is 487 cm³/mol. The standard InChI is InChI=1S/C44H50N10O9S.C32H40F3N7O4S.C15H12N2O7/c1-27-25-46-43(50-39(27)47-29-8-5-9-31(24-29)64(61,62)51-44(2,3)4)48-28-13-15-30(16-14-28)52-20-22-53(23-21-52)37(57)12-7-19-45-36(56)26-63-34-11-6-10-32-38(34)42(60)54(41(32)59)33-17-18-35(55)49-40(33)58;1-22-20-37-30(40-28(22)38-24-7-5-8-26(19-24)47(45,46)21-31(2,3)4)39-23-10-12-25(13-11-23)41-15-17-42(18-16-41)27(43)9-6-14-36-29(44)32(33,34)35;18-10-5-4-8(13(21)16-10)17-14(22)7-2-1-3-9(12(7)15(17)23)24-6-11(19)20/h5-6,8-11,13-16,24-25,33,51H,7,12,17-23,26H2,1-4H3,(H,45,56)(H,49,55,58)(H2,46,47,48,50);5,7-8,10-13,19-20H,6,9,14-18,21H2,1-4H3,(H,36,44)(H2,37,38,39,40);1-3,8H,4-6H2,(H,19,20)(H,16,18,21). The van der Waals surface area contributed by atoms with Gasteiger partial charge in [-0.2, -0.15) is 23.1 Å². The van der Waals surface area contributed by atoms with Crippen molar-refractivity contribution in [3.05, 3.63) is 179 Å². The van der Waals surface area contributed by atoms with Gasteiger partial charge < -0.3 is 66.1 Å². The van der Waals surface area contributed by atoms with Crippen molar-refractivity contribution < 1.29 is 107 Å². The minimum absolute atomic E-state index is 0.00507. The Balaban J connectivity index is 0.000000201. The second-order valence-corrected chi connectivity index (χ2v) is 38.2. The van der Waals surface area contributed by atoms with Crippen LogP contribution in [0, 0.1) is 19.3 Å². The molecule has 135 heavy (non-hydrogen) atoms. The number of carboxylic acids is 1. The van der Waals surface area contributed by atoms with Crippen LogP contribution in [-0.4, -0.2) is 247 Å². The van der Waals surface area contributed by atoms with Gasteiger partial charge in [-0.3, -0.25) is 78.0 Å². The van der Waals surface area contributed by atoms with Gasteiger partial charge in [-0.1, -0.05) is 45.0 Å². The molecule has 14 rings (SSSR count). The van der Waals surface area contributed by atoms with Crippen molar-refractivity contribution in [3.8, 4) is 11.5 Å². The van der Waals surface area contributed by atoms with Crippen molar-refractivity contribution in [3.63, 3.8) is 0 Å². The lowest BCUT2D eigenvalue weighted by molar-refractivity contribution is -0.173. The lowest BCUT2D eigenvalue weighted by Crippen LogP contribution is -2.54. The van der Waals surface area contributed by atoms with Gasteiger partial charge in [-0.25, -0.2) is 36.3 Å². The fraction of sp³-hybridized carbons (Fsp3) is 0.374. The normalized spacial score (nSPS) is 16.3. The van der Waals surface area contributed by atoms with Crippen molar-refractivity contribution in [2.24, 2.45) is 5.41 Å². The first-order valence-corrected chi connectivity index (χ1v) is 46.3. The van der Waals surface area contributed by atoms with E-state index in [-0.39, 0.29) is 125 Å². The van der Waals surface area contributed by atoms with Gasteiger partial charge in [-0.05, 0) is 175 Å². The maximum absolute atomic E-state index is 13.3. The number of fused-ring (bicyclic) bond motifs is 2. The number of ether oxygens (including phenoxy) is 2. The van der Waals surface area contributed by atoms with Crippen molar-refractivity contribution >= 4 is 154 Å². The summed E-state index contributed by atoms with van der Waals surface area (Å²) in [6.45, 7) is 18.1. The van der Waals surface area contributed by atoms with Gasteiger partial charge in [0, 0.05) is 154 Å². The molecular weight excluding hydrogens is 1800 g/mol. The van der Waals surface area contributed by atoms with Crippen LogP contribution in [0.2, 0.25) is 0 Å². The van der Waals surface area contributed by atoms with E-state index in [1.54, 1.807) is 85.8 Å². The molecule has 44 heteroatoms. The van der Waals surface area contributed by atoms with E-state index in [1.807, 2.05) is 88.0 Å². The zero-order valence-electron chi connectivity index (χ0n) is 75.0. The van der Waals surface area contributed by atoms with Crippen LogP contribution in [0.3, 0.4) is 0 Å². The summed E-state index contributed by atoms with van der Waals surface area (Å²) in [6, 6.07) is 35.1. The maximum atomic E-state index is 13.3. The number of hydrogen-bond donors (Lipinski definition) is 10. The largest absolute Gasteiger partial charge is 0.483 e. The van der Waals surface area contributed by atoms with E-state index in [1.165, 1.54) is 42.5 Å². The molecule has 10 N–H and O–H groups in total. The second kappa shape index (κ2) is 42.5. The van der Waals surface area contributed by atoms with Gasteiger partial charge in [0.15, 0.2) is 23.1 Å². The van der Waals surface area contributed by atoms with E-state index in [4.69, 9.17) is 14.6 Å². The number of amides is 12. The van der Waals surface area contributed by atoms with Crippen molar-refractivity contribution in [2.75, 3.05) is 115 Å². The summed E-state index contributed by atoms with van der Waals surface area (Å²) in [5, 5.41) is 30.3. The van der Waals surface area contributed by atoms with Gasteiger partial charge in [0.1, 0.15) is 35.2 Å². The van der Waals surface area contributed by atoms with Crippen LogP contribution in [0.5, 0.6) is 11.5 Å². The van der Waals surface area contributed by atoms with Crippen molar-refractivity contribution in [1.82, 2.24) is 65.5 Å². The Morgan fingerprint density at radius 3 is 1.33 bits per heavy atom. The average Bonchev–Trinajstić information content (AvgIpc) is 1.60. The Morgan fingerprint density at radius 1 is 0.504 bits per heavy atom. The molecule has 0 bridgehead atoms. The molecule has 0 aliphatic carbocycles. The molecule has 12 amide bonds. The van der Waals surface area contributed by atoms with E-state index < -0.39 is 122 Å². The van der Waals surface area contributed by atoms with Gasteiger partial charge in [0.05, 0.1) is 37.8 Å². The number of sulfonamides is 1. The topological polar surface area (TPSA) is 508 Å². The Bertz CT molecular complexity index is 6140. The number of carbonyl (C=O) groups excluding carboxylic acids is 12. The zero-order valence-corrected chi connectivity index (χ0v) is 76.6. The monoisotopic (exact) mass is 1900 g/mol. The molecule has 0 spiro atoms. The number of benzene rings is 6. The number of nitrogens with zero attached hydrogens (tertiary/aromatic N) is 10. The van der Waals surface area contributed by atoms with Crippen LogP contribution in [0.4, 0.5) is 70.8 Å². The average molecular weight is 1900 g/mol. The summed E-state index contributed by atoms with van der Waals surface area (Å²) in [7, 11) is -7.20. The number of alkyl halides is 3. The molecule has 2 atom stereocenters. The lowest BCUT2D eigenvalue weighted by Gasteiger charge is -2.36. The number of aliphatic carboxylic acids is 1. The molecule has 6 aliphatic rings. The first kappa shape index (κ1) is 99.5. The van der Waals surface area contributed by atoms with E-state index in [0.717, 1.165) is 43.7 Å². The molecule has 0 radical (unpaired) electrons. The highest BCUT2D eigenvalue weighted by molar-refractivity contribution is 7.91. The van der Waals surface area contributed by atoms with E-state index in [2.05, 4.69) is 71.7 Å². The van der Waals surface area contributed by atoms with E-state index >= 15 is 0 Å². The van der Waals surface area contributed by atoms with Crippen molar-refractivity contribution in [1.29, 1.82) is 0 Å². The number of nitrogens with one attached hydrogen (secondary N) is 9. The Kier molecular flexibility index (Phi) is 31.3. The summed E-state index contributed by atoms with van der Waals surface area (Å²) in [5.74, 6) is -7.31. The van der Waals surface area contributed by atoms with Gasteiger partial charge >= 0.3 is 18.1 Å². The summed E-state index contributed by atoms with van der Waals surface area (Å²) < 4.78 is 102. The quantitative estimate of drug-likeness (QED) is 0.0150. The number of carbonyl (C=O) groups is 13. The van der Waals surface area contributed by atoms with Crippen LogP contribution in [0.15, 0.2) is 156 Å². The Labute approximate surface area is 774 Å². The highest BCUT2D eigenvalue weighted by Crippen LogP contribution is 2.38. The Hall–Kier alpha value is -14.6. The van der Waals surface area contributed by atoms with Gasteiger partial charge in [0.25, 0.3) is 29.5 Å². The summed E-state index contributed by atoms with van der Waals surface area (Å²) >= 11 is 0. The minimum Gasteiger partial charge on any atom is -0.483 e. The molecule has 8 aromatic rings. The van der Waals surface area contributed by atoms with Crippen LogP contribution >= 0.6 is 0 Å². The number of sulfone groups is 1. The number of halogens is 3. The number of piperidine rings is 2. The maximum Gasteiger partial charge on any atom is 0.471 e. The summed E-state index contributed by atoms with van der Waals surface area (Å²) in [6.07, 6.45) is -0.671. The Morgan fingerprint density at radius 2 is 0.919 bits per heavy atom. The number of anilines is 10. The number of imide groups is 4. The van der Waals surface area contributed by atoms with E-state index in [0.29, 0.717) is 93.7 Å². The molecule has 6 aliphatic heterocycles. The van der Waals surface area contributed by atoms with Gasteiger partial charge in [0.2, 0.25) is 57.4 Å². The third kappa shape index (κ3) is 26.1. The third-order valence-electron chi connectivity index (χ3n) is 21.7. The molecule has 4 saturated heterocycles. The van der Waals surface area contributed by atoms with Gasteiger partial charge in [-0.15, -0.1) is 0 Å². The molecular formula is C91H102F3N19O20S2. The molecule has 4 fully saturated rings. The first-order valence-electron chi connectivity index (χ1n) is 43.1. The fourth-order valence-corrected chi connectivity index (χ4v) is 18.6. The van der Waals surface area contributed by atoms with Crippen LogP contribution in [0.25, 0.3) is 0 Å². The lowest BCUT2D eigenvalue weighted by atomic mass is 10.0. The summed E-state index contributed by atoms with van der Waals surface area (Å²) in [4.78, 5) is 186. The molecule has 2 aromatic heterocycles. The van der Waals surface area contributed by atoms with Crippen LogP contribution in [-0.2, 0) is 63.0 Å². The second-order valence-electron chi connectivity index (χ2n) is 34.5. The minimum atomic E-state index is -4.93. The third-order valence-corrected chi connectivity index (χ3v) is 25.7. The van der Waals surface area contributed by atoms with Crippen molar-refractivity contribution in [2.45, 2.75) is 140 Å². The van der Waals surface area contributed by atoms with Crippen LogP contribution < -0.4 is 66.5 Å². The highest BCUT2D eigenvalue weighted by atomic mass is 32.2. The highest BCUT2D eigenvalue weighted by Gasteiger charge is 2.48. The molecule has 714 valence electrons. The molecule has 39 nitrogen and oxygen atoms in total. The smallest absolute Gasteiger partial charge is 0.471 e. The molecule has 0 saturated carbocycles. The molecule has 6 aromatic carbocycles. The fourth-order valence-electron chi connectivity index (χ4n) is 15.2. The predicted octanol–water partition coefficient (Wildman–Crippen LogP) is 8.12. The SMILES string of the molecule is Cc1cnc(Nc2ccc(N3CCN(C(=O)CCCNC(=O)C(F)(F)F)CC3)cc2)nc1Nc1cccc(S(=O)(=O)CC(C)(C)C)c1.Cc1cnc(Nc2ccc(N3CCN(C(=O)CCCNC(=O)COc4cccc5c4C(=O)N(C4CCC(=O)NC4=O)C5=O)CC3)cc2)nc1Nc1cccc(S(=O)(=O)NC(C)(C)C)c1.O=C(O)COc1cccc2c1C(=O)N(C1CCC(=O)NC1=O)C2=O. The summed E-state index contributed by atoms with van der Waals surface area (Å²) in [5.41, 5.74) is 5.12.